The van der Waals surface area contributed by atoms with Crippen LogP contribution in [0.1, 0.15) is 12.5 Å². The van der Waals surface area contributed by atoms with Crippen LogP contribution in [0, 0.1) is 5.92 Å². The van der Waals surface area contributed by atoms with E-state index in [1.54, 1.807) is 0 Å². The van der Waals surface area contributed by atoms with Crippen molar-refractivity contribution in [1.29, 1.82) is 0 Å². The van der Waals surface area contributed by atoms with Gasteiger partial charge in [-0.25, -0.2) is 0 Å². The summed E-state index contributed by atoms with van der Waals surface area (Å²) in [6, 6.07) is 17.7. The molecule has 0 spiro atoms. The maximum Gasteiger partial charge on any atom is 0.227 e. The number of benzene rings is 2. The topological polar surface area (TPSA) is 29.1 Å². The first kappa shape index (κ1) is 13.8. The van der Waals surface area contributed by atoms with Gasteiger partial charge in [-0.3, -0.25) is 4.79 Å². The molecule has 0 heterocycles. The van der Waals surface area contributed by atoms with Gasteiger partial charge in [0.25, 0.3) is 0 Å². The van der Waals surface area contributed by atoms with Gasteiger partial charge in [0.15, 0.2) is 0 Å². The van der Waals surface area contributed by atoms with Crippen molar-refractivity contribution in [3.05, 3.63) is 64.6 Å². The summed E-state index contributed by atoms with van der Waals surface area (Å²) in [5.41, 5.74) is 2.01. The summed E-state index contributed by atoms with van der Waals surface area (Å²) in [6.45, 7) is 1.95. The highest BCUT2D eigenvalue weighted by Gasteiger charge is 2.13. The highest BCUT2D eigenvalue weighted by molar-refractivity contribution is 9.10. The first-order chi connectivity index (χ1) is 9.15. The van der Waals surface area contributed by atoms with E-state index in [4.69, 9.17) is 0 Å². The molecule has 3 heteroatoms. The molecule has 0 aliphatic carbocycles. The van der Waals surface area contributed by atoms with Crippen LogP contribution in [-0.2, 0) is 11.2 Å². The number of carbonyl (C=O) groups excluding carboxylic acids is 1. The van der Waals surface area contributed by atoms with Gasteiger partial charge in [0, 0.05) is 16.1 Å². The molecule has 2 rings (SSSR count). The highest BCUT2D eigenvalue weighted by Crippen LogP contribution is 2.16. The Kier molecular flexibility index (Phi) is 4.74. The lowest BCUT2D eigenvalue weighted by atomic mass is 10.0. The molecule has 1 amide bonds. The lowest BCUT2D eigenvalue weighted by Crippen LogP contribution is -2.22. The lowest BCUT2D eigenvalue weighted by Gasteiger charge is -2.12. The quantitative estimate of drug-likeness (QED) is 0.896. The van der Waals surface area contributed by atoms with Crippen LogP contribution in [0.4, 0.5) is 5.69 Å². The number of rotatable bonds is 4. The Morgan fingerprint density at radius 1 is 1.11 bits per heavy atom. The molecule has 0 fully saturated rings. The van der Waals surface area contributed by atoms with Crippen molar-refractivity contribution in [1.82, 2.24) is 0 Å². The number of hydrogen-bond donors (Lipinski definition) is 1. The summed E-state index contributed by atoms with van der Waals surface area (Å²) in [4.78, 5) is 12.1. The van der Waals surface area contributed by atoms with Gasteiger partial charge in [0.05, 0.1) is 0 Å². The van der Waals surface area contributed by atoms with Crippen molar-refractivity contribution in [3.8, 4) is 0 Å². The molecule has 98 valence electrons. The number of amides is 1. The minimum Gasteiger partial charge on any atom is -0.326 e. The summed E-state index contributed by atoms with van der Waals surface area (Å²) in [7, 11) is 0. The molecule has 2 aromatic rings. The Labute approximate surface area is 122 Å². The zero-order valence-corrected chi connectivity index (χ0v) is 12.4. The average molecular weight is 318 g/mol. The van der Waals surface area contributed by atoms with Crippen LogP contribution < -0.4 is 5.32 Å². The van der Waals surface area contributed by atoms with Crippen LogP contribution in [0.25, 0.3) is 0 Å². The van der Waals surface area contributed by atoms with E-state index < -0.39 is 0 Å². The molecular formula is C16H16BrNO. The summed E-state index contributed by atoms with van der Waals surface area (Å²) in [6.07, 6.45) is 0.753. The number of halogens is 1. The summed E-state index contributed by atoms with van der Waals surface area (Å²) >= 11 is 3.37. The maximum atomic E-state index is 12.1. The zero-order chi connectivity index (χ0) is 13.7. The molecule has 0 unspecified atom stereocenters. The van der Waals surface area contributed by atoms with E-state index in [9.17, 15) is 4.79 Å². The Hall–Kier alpha value is -1.61. The second kappa shape index (κ2) is 6.53. The minimum atomic E-state index is -0.0500. The molecular weight excluding hydrogens is 302 g/mol. The van der Waals surface area contributed by atoms with Crippen molar-refractivity contribution >= 4 is 27.5 Å². The standard InChI is InChI=1S/C16H16BrNO/c1-12(11-13-5-3-2-4-6-13)16(19)18-15-9-7-14(17)8-10-15/h2-10,12H,11H2,1H3,(H,18,19)/t12-/m1/s1. The fraction of sp³-hybridized carbons (Fsp3) is 0.188. The van der Waals surface area contributed by atoms with Gasteiger partial charge in [0.1, 0.15) is 0 Å². The fourth-order valence-electron chi connectivity index (χ4n) is 1.86. The van der Waals surface area contributed by atoms with Crippen molar-refractivity contribution in [2.45, 2.75) is 13.3 Å². The van der Waals surface area contributed by atoms with Crippen molar-refractivity contribution in [2.75, 3.05) is 5.32 Å². The summed E-state index contributed by atoms with van der Waals surface area (Å²) < 4.78 is 1.00. The molecule has 0 saturated heterocycles. The van der Waals surface area contributed by atoms with Crippen LogP contribution in [0.3, 0.4) is 0 Å². The van der Waals surface area contributed by atoms with Crippen LogP contribution in [-0.4, -0.2) is 5.91 Å². The molecule has 2 aromatic carbocycles. The van der Waals surface area contributed by atoms with Crippen molar-refractivity contribution in [3.63, 3.8) is 0 Å². The van der Waals surface area contributed by atoms with E-state index in [0.717, 1.165) is 16.6 Å². The van der Waals surface area contributed by atoms with Crippen molar-refractivity contribution < 1.29 is 4.79 Å². The summed E-state index contributed by atoms with van der Waals surface area (Å²) in [5, 5.41) is 2.93. The van der Waals surface area contributed by atoms with E-state index in [2.05, 4.69) is 21.2 Å². The average Bonchev–Trinajstić information content (AvgIpc) is 2.42. The molecule has 0 bridgehead atoms. The van der Waals surface area contributed by atoms with Crippen LogP contribution in [0.5, 0.6) is 0 Å². The molecule has 0 aromatic heterocycles. The molecule has 1 N–H and O–H groups in total. The normalized spacial score (nSPS) is 11.9. The van der Waals surface area contributed by atoms with Gasteiger partial charge in [-0.1, -0.05) is 53.2 Å². The van der Waals surface area contributed by atoms with Crippen LogP contribution in [0.15, 0.2) is 59.1 Å². The summed E-state index contributed by atoms with van der Waals surface area (Å²) in [5.74, 6) is -0.00257. The Bertz CT molecular complexity index is 536. The van der Waals surface area contributed by atoms with E-state index >= 15 is 0 Å². The maximum absolute atomic E-state index is 12.1. The lowest BCUT2D eigenvalue weighted by molar-refractivity contribution is -0.119. The SMILES string of the molecule is C[C@H](Cc1ccccc1)C(=O)Nc1ccc(Br)cc1. The highest BCUT2D eigenvalue weighted by atomic mass is 79.9. The van der Waals surface area contributed by atoms with Gasteiger partial charge in [-0.15, -0.1) is 0 Å². The van der Waals surface area contributed by atoms with Gasteiger partial charge < -0.3 is 5.32 Å². The zero-order valence-electron chi connectivity index (χ0n) is 10.8. The smallest absolute Gasteiger partial charge is 0.227 e. The van der Waals surface area contributed by atoms with Crippen molar-refractivity contribution in [2.24, 2.45) is 5.92 Å². The largest absolute Gasteiger partial charge is 0.326 e. The molecule has 0 saturated carbocycles. The third kappa shape index (κ3) is 4.21. The molecule has 0 radical (unpaired) electrons. The molecule has 0 aliphatic rings. The second-order valence-corrected chi connectivity index (χ2v) is 5.50. The molecule has 19 heavy (non-hydrogen) atoms. The number of nitrogens with one attached hydrogen (secondary N) is 1. The first-order valence-corrected chi connectivity index (χ1v) is 7.05. The van der Waals surface area contributed by atoms with Gasteiger partial charge in [0.2, 0.25) is 5.91 Å². The van der Waals surface area contributed by atoms with E-state index in [-0.39, 0.29) is 11.8 Å². The molecule has 1 atom stereocenters. The van der Waals surface area contributed by atoms with Gasteiger partial charge >= 0.3 is 0 Å². The minimum absolute atomic E-state index is 0.0474. The van der Waals surface area contributed by atoms with Gasteiger partial charge in [-0.2, -0.15) is 0 Å². The third-order valence-electron chi connectivity index (χ3n) is 2.94. The van der Waals surface area contributed by atoms with Gasteiger partial charge in [-0.05, 0) is 36.2 Å². The Balaban J connectivity index is 1.94. The predicted molar refractivity (Wildman–Crippen MR) is 82.1 cm³/mol. The van der Waals surface area contributed by atoms with E-state index in [0.29, 0.717) is 0 Å². The van der Waals surface area contributed by atoms with E-state index in [1.807, 2.05) is 61.5 Å². The number of carbonyl (C=O) groups is 1. The number of hydrogen-bond acceptors (Lipinski definition) is 1. The first-order valence-electron chi connectivity index (χ1n) is 6.25. The van der Waals surface area contributed by atoms with Crippen LogP contribution in [0.2, 0.25) is 0 Å². The predicted octanol–water partition coefficient (Wildman–Crippen LogP) is 4.27. The second-order valence-electron chi connectivity index (χ2n) is 4.59. The molecule has 0 aliphatic heterocycles. The Morgan fingerprint density at radius 3 is 2.37 bits per heavy atom. The van der Waals surface area contributed by atoms with Crippen LogP contribution >= 0.6 is 15.9 Å². The molecule has 2 nitrogen and oxygen atoms in total. The number of anilines is 1. The Morgan fingerprint density at radius 2 is 1.74 bits per heavy atom. The fourth-order valence-corrected chi connectivity index (χ4v) is 2.12. The monoisotopic (exact) mass is 317 g/mol. The van der Waals surface area contributed by atoms with E-state index in [1.165, 1.54) is 5.56 Å². The third-order valence-corrected chi connectivity index (χ3v) is 3.47.